The molecule has 1 saturated carbocycles. The van der Waals surface area contributed by atoms with Gasteiger partial charge in [0.05, 0.1) is 6.67 Å². The van der Waals surface area contributed by atoms with E-state index in [1.807, 2.05) is 25.7 Å². The molecule has 2 aliphatic heterocycles. The first-order valence-electron chi connectivity index (χ1n) is 9.55. The molecule has 0 radical (unpaired) electrons. The number of hydrogen-bond donors (Lipinski definition) is 1. The van der Waals surface area contributed by atoms with Crippen molar-refractivity contribution >= 4 is 18.0 Å². The molecule has 3 aliphatic rings. The van der Waals surface area contributed by atoms with Crippen molar-refractivity contribution in [2.45, 2.75) is 64.0 Å². The van der Waals surface area contributed by atoms with Gasteiger partial charge in [-0.2, -0.15) is 0 Å². The van der Waals surface area contributed by atoms with Gasteiger partial charge >= 0.3 is 12.1 Å². The van der Waals surface area contributed by atoms with E-state index in [-0.39, 0.29) is 24.7 Å². The minimum atomic E-state index is -0.673. The molecule has 1 spiro atoms. The van der Waals surface area contributed by atoms with Gasteiger partial charge in [-0.1, -0.05) is 19.3 Å². The molecule has 0 bridgehead atoms. The summed E-state index contributed by atoms with van der Waals surface area (Å²) >= 11 is 0. The zero-order chi connectivity index (χ0) is 18.9. The summed E-state index contributed by atoms with van der Waals surface area (Å²) in [7, 11) is 0. The Morgan fingerprint density at radius 3 is 2.27 bits per heavy atom. The van der Waals surface area contributed by atoms with Crippen molar-refractivity contribution < 1.29 is 19.1 Å². The first kappa shape index (κ1) is 18.9. The molecule has 0 aromatic carbocycles. The van der Waals surface area contributed by atoms with E-state index in [0.29, 0.717) is 26.2 Å². The number of ether oxygens (including phenoxy) is 1. The molecule has 2 heterocycles. The van der Waals surface area contributed by atoms with Crippen LogP contribution in [-0.2, 0) is 9.53 Å². The lowest BCUT2D eigenvalue weighted by Crippen LogP contribution is -2.54. The van der Waals surface area contributed by atoms with Crippen molar-refractivity contribution in [2.75, 3.05) is 32.8 Å². The Hall–Kier alpha value is -1.83. The van der Waals surface area contributed by atoms with Crippen LogP contribution in [0.4, 0.5) is 9.59 Å². The summed E-state index contributed by atoms with van der Waals surface area (Å²) < 4.78 is 5.39. The number of carbonyl (C=O) groups excluding carboxylic acids is 3. The molecule has 1 N–H and O–H groups in total. The van der Waals surface area contributed by atoms with Crippen molar-refractivity contribution in [3.8, 4) is 0 Å². The molecule has 0 aromatic heterocycles. The lowest BCUT2D eigenvalue weighted by molar-refractivity contribution is -0.134. The van der Waals surface area contributed by atoms with Gasteiger partial charge in [-0.25, -0.2) is 14.5 Å². The molecule has 3 fully saturated rings. The van der Waals surface area contributed by atoms with E-state index in [4.69, 9.17) is 4.74 Å². The SMILES string of the molecule is CC(C)(C)OC(=O)N1CCN(CN2C(=O)NC3(CCCCC3)C2=O)CC1. The number of rotatable bonds is 2. The van der Waals surface area contributed by atoms with Crippen molar-refractivity contribution in [3.05, 3.63) is 0 Å². The Morgan fingerprint density at radius 1 is 1.08 bits per heavy atom. The van der Waals surface area contributed by atoms with E-state index in [1.54, 1.807) is 4.90 Å². The lowest BCUT2D eigenvalue weighted by Gasteiger charge is -2.37. The second-order valence-corrected chi connectivity index (χ2v) is 8.53. The van der Waals surface area contributed by atoms with Crippen molar-refractivity contribution in [1.82, 2.24) is 20.0 Å². The fraction of sp³-hybridized carbons (Fsp3) is 0.833. The highest BCUT2D eigenvalue weighted by Crippen LogP contribution is 2.33. The van der Waals surface area contributed by atoms with Gasteiger partial charge in [0.25, 0.3) is 5.91 Å². The molecule has 0 atom stereocenters. The van der Waals surface area contributed by atoms with Crippen LogP contribution in [-0.4, -0.2) is 76.7 Å². The highest BCUT2D eigenvalue weighted by Gasteiger charge is 2.51. The maximum Gasteiger partial charge on any atom is 0.410 e. The minimum absolute atomic E-state index is 0.0863. The summed E-state index contributed by atoms with van der Waals surface area (Å²) in [6, 6.07) is -0.286. The van der Waals surface area contributed by atoms with E-state index in [9.17, 15) is 14.4 Å². The quantitative estimate of drug-likeness (QED) is 0.753. The standard InChI is InChI=1S/C18H30N4O4/c1-17(2,3)26-16(25)21-11-9-20(10-12-21)13-22-14(23)18(19-15(22)24)7-5-4-6-8-18/h4-13H2,1-3H3,(H,19,24). The average Bonchev–Trinajstić information content (AvgIpc) is 2.79. The van der Waals surface area contributed by atoms with Gasteiger partial charge < -0.3 is 15.0 Å². The van der Waals surface area contributed by atoms with Crippen molar-refractivity contribution in [1.29, 1.82) is 0 Å². The zero-order valence-corrected chi connectivity index (χ0v) is 16.0. The fourth-order valence-corrected chi connectivity index (χ4v) is 3.90. The van der Waals surface area contributed by atoms with Gasteiger partial charge in [0.15, 0.2) is 0 Å². The Morgan fingerprint density at radius 2 is 1.69 bits per heavy atom. The van der Waals surface area contributed by atoms with Crippen LogP contribution >= 0.6 is 0 Å². The van der Waals surface area contributed by atoms with E-state index in [0.717, 1.165) is 32.1 Å². The van der Waals surface area contributed by atoms with Crippen LogP contribution in [0.1, 0.15) is 52.9 Å². The van der Waals surface area contributed by atoms with Gasteiger partial charge in [0.2, 0.25) is 0 Å². The van der Waals surface area contributed by atoms with Crippen LogP contribution in [0.3, 0.4) is 0 Å². The largest absolute Gasteiger partial charge is 0.444 e. The van der Waals surface area contributed by atoms with Gasteiger partial charge in [-0.05, 0) is 33.6 Å². The summed E-state index contributed by atoms with van der Waals surface area (Å²) in [6.45, 7) is 8.12. The molecule has 4 amide bonds. The second kappa shape index (κ2) is 7.06. The van der Waals surface area contributed by atoms with E-state index < -0.39 is 11.1 Å². The van der Waals surface area contributed by atoms with Crippen LogP contribution in [0, 0.1) is 0 Å². The maximum atomic E-state index is 12.8. The smallest absolute Gasteiger partial charge is 0.410 e. The Kier molecular flexibility index (Phi) is 5.14. The number of nitrogens with one attached hydrogen (secondary N) is 1. The monoisotopic (exact) mass is 366 g/mol. The number of piperazine rings is 1. The van der Waals surface area contributed by atoms with Gasteiger partial charge in [-0.15, -0.1) is 0 Å². The molecule has 0 unspecified atom stereocenters. The van der Waals surface area contributed by atoms with Crippen molar-refractivity contribution in [3.63, 3.8) is 0 Å². The minimum Gasteiger partial charge on any atom is -0.444 e. The third kappa shape index (κ3) is 3.95. The van der Waals surface area contributed by atoms with Crippen LogP contribution in [0.2, 0.25) is 0 Å². The summed E-state index contributed by atoms with van der Waals surface area (Å²) in [5.74, 6) is -0.0863. The molecular formula is C18H30N4O4. The third-order valence-corrected chi connectivity index (χ3v) is 5.32. The molecule has 0 aromatic rings. The molecule has 2 saturated heterocycles. The number of imide groups is 1. The number of amides is 4. The van der Waals surface area contributed by atoms with Gasteiger partial charge in [0.1, 0.15) is 11.1 Å². The predicted molar refractivity (Wildman–Crippen MR) is 95.4 cm³/mol. The van der Waals surface area contributed by atoms with Crippen LogP contribution < -0.4 is 5.32 Å². The molecular weight excluding hydrogens is 336 g/mol. The van der Waals surface area contributed by atoms with Crippen LogP contribution in [0.15, 0.2) is 0 Å². The predicted octanol–water partition coefficient (Wildman–Crippen LogP) is 1.75. The normalized spacial score (nSPS) is 24.1. The Bertz CT molecular complexity index is 572. The molecule has 26 heavy (non-hydrogen) atoms. The fourth-order valence-electron chi connectivity index (χ4n) is 3.90. The molecule has 8 heteroatoms. The van der Waals surface area contributed by atoms with Crippen molar-refractivity contribution in [2.24, 2.45) is 0 Å². The average molecular weight is 366 g/mol. The van der Waals surface area contributed by atoms with E-state index in [2.05, 4.69) is 5.32 Å². The number of carbonyl (C=O) groups is 3. The zero-order valence-electron chi connectivity index (χ0n) is 16.0. The summed E-state index contributed by atoms with van der Waals surface area (Å²) in [5, 5.41) is 2.94. The first-order valence-corrected chi connectivity index (χ1v) is 9.55. The summed E-state index contributed by atoms with van der Waals surface area (Å²) in [5.41, 5.74) is -1.18. The molecule has 146 valence electrons. The van der Waals surface area contributed by atoms with Crippen LogP contribution in [0.5, 0.6) is 0 Å². The number of urea groups is 1. The van der Waals surface area contributed by atoms with Crippen LogP contribution in [0.25, 0.3) is 0 Å². The summed E-state index contributed by atoms with van der Waals surface area (Å²) in [4.78, 5) is 42.4. The lowest BCUT2D eigenvalue weighted by atomic mass is 9.82. The molecule has 1 aliphatic carbocycles. The topological polar surface area (TPSA) is 82.2 Å². The Labute approximate surface area is 154 Å². The highest BCUT2D eigenvalue weighted by atomic mass is 16.6. The third-order valence-electron chi connectivity index (χ3n) is 5.32. The van der Waals surface area contributed by atoms with Gasteiger partial charge in [-0.3, -0.25) is 9.69 Å². The van der Waals surface area contributed by atoms with E-state index in [1.165, 1.54) is 4.90 Å². The highest BCUT2D eigenvalue weighted by molar-refractivity contribution is 6.07. The molecule has 3 rings (SSSR count). The maximum absolute atomic E-state index is 12.8. The second-order valence-electron chi connectivity index (χ2n) is 8.53. The summed E-state index contributed by atoms with van der Waals surface area (Å²) in [6.07, 6.45) is 4.25. The Balaban J connectivity index is 1.52. The number of nitrogens with zero attached hydrogens (tertiary/aromatic N) is 3. The molecule has 8 nitrogen and oxygen atoms in total. The van der Waals surface area contributed by atoms with Gasteiger partial charge in [0, 0.05) is 26.2 Å². The van der Waals surface area contributed by atoms with E-state index >= 15 is 0 Å². The number of hydrogen-bond acceptors (Lipinski definition) is 5. The first-order chi connectivity index (χ1) is 12.2.